The van der Waals surface area contributed by atoms with Gasteiger partial charge in [0.25, 0.3) is 0 Å². The minimum atomic E-state index is -0.0568. The van der Waals surface area contributed by atoms with Gasteiger partial charge in [0.15, 0.2) is 5.78 Å². The number of carbonyl (C=O) groups excluding carboxylic acids is 1. The Morgan fingerprint density at radius 2 is 2.15 bits per heavy atom. The highest BCUT2D eigenvalue weighted by molar-refractivity contribution is 8.22. The second kappa shape index (κ2) is 10.1. The Hall–Kier alpha value is -1.55. The van der Waals surface area contributed by atoms with Gasteiger partial charge in [-0.1, -0.05) is 30.4 Å². The smallest absolute Gasteiger partial charge is 0.221 e. The van der Waals surface area contributed by atoms with Crippen molar-refractivity contribution in [3.05, 3.63) is 30.3 Å². The Kier molecular flexibility index (Phi) is 8.15. The molecule has 1 aliphatic rings. The molecule has 1 N–H and O–H groups in total. The molecule has 0 amide bonds. The van der Waals surface area contributed by atoms with E-state index in [0.29, 0.717) is 16.0 Å². The van der Waals surface area contributed by atoms with Gasteiger partial charge in [-0.2, -0.15) is 4.68 Å². The average Bonchev–Trinajstić information content (AvgIpc) is 3.31. The van der Waals surface area contributed by atoms with E-state index in [1.807, 2.05) is 49.1 Å². The third-order valence-electron chi connectivity index (χ3n) is 4.25. The van der Waals surface area contributed by atoms with Crippen LogP contribution in [0.2, 0.25) is 0 Å². The zero-order chi connectivity index (χ0) is 18.5. The molecule has 0 bridgehead atoms. The summed E-state index contributed by atoms with van der Waals surface area (Å²) in [5.74, 6) is 0.182. The molecule has 1 aromatic heterocycles. The molecule has 0 radical (unpaired) electrons. The first-order valence-corrected chi connectivity index (χ1v) is 9.87. The highest BCUT2D eigenvalue weighted by Gasteiger charge is 2.27. The van der Waals surface area contributed by atoms with Crippen molar-refractivity contribution >= 4 is 46.5 Å². The van der Waals surface area contributed by atoms with Gasteiger partial charge < -0.3 is 10.2 Å². The molecular weight excluding hydrogens is 404 g/mol. The molecule has 10 heteroatoms. The summed E-state index contributed by atoms with van der Waals surface area (Å²) in [4.78, 5) is 14.5. The molecule has 0 unspecified atom stereocenters. The van der Waals surface area contributed by atoms with Gasteiger partial charge in [-0.25, -0.2) is 0 Å². The van der Waals surface area contributed by atoms with E-state index in [1.54, 1.807) is 4.68 Å². The van der Waals surface area contributed by atoms with E-state index >= 15 is 0 Å². The molecule has 1 atom stereocenters. The number of tetrazole rings is 1. The number of para-hydroxylation sites is 1. The van der Waals surface area contributed by atoms with Crippen molar-refractivity contribution in [2.45, 2.75) is 43.9 Å². The monoisotopic (exact) mass is 426 g/mol. The highest BCUT2D eigenvalue weighted by Crippen LogP contribution is 2.23. The second-order valence-corrected chi connectivity index (χ2v) is 8.01. The molecule has 0 aliphatic carbocycles. The summed E-state index contributed by atoms with van der Waals surface area (Å²) in [7, 11) is 0. The normalized spacial score (nSPS) is 16.2. The lowest BCUT2D eigenvalue weighted by atomic mass is 10.1. The lowest BCUT2D eigenvalue weighted by Crippen LogP contribution is -2.44. The van der Waals surface area contributed by atoms with E-state index in [0.717, 1.165) is 25.1 Å². The Labute approximate surface area is 174 Å². The van der Waals surface area contributed by atoms with Crippen LogP contribution >= 0.6 is 36.4 Å². The van der Waals surface area contributed by atoms with Gasteiger partial charge in [0.05, 0.1) is 18.3 Å². The molecule has 1 saturated heterocycles. The Balaban J connectivity index is 0.00000261. The number of ketones is 1. The van der Waals surface area contributed by atoms with Crippen LogP contribution in [0.4, 0.5) is 0 Å². The quantitative estimate of drug-likeness (QED) is 0.557. The zero-order valence-electron chi connectivity index (χ0n) is 15.2. The summed E-state index contributed by atoms with van der Waals surface area (Å²) in [6.45, 7) is 5.27. The van der Waals surface area contributed by atoms with Gasteiger partial charge in [0, 0.05) is 6.04 Å². The first-order chi connectivity index (χ1) is 12.6. The third-order valence-corrected chi connectivity index (χ3v) is 5.58. The summed E-state index contributed by atoms with van der Waals surface area (Å²) in [6, 6.07) is 9.71. The molecule has 1 fully saturated rings. The van der Waals surface area contributed by atoms with Crippen LogP contribution < -0.4 is 5.32 Å². The van der Waals surface area contributed by atoms with Gasteiger partial charge in [0.1, 0.15) is 4.32 Å². The van der Waals surface area contributed by atoms with Crippen LogP contribution in [0.1, 0.15) is 26.7 Å². The number of carbonyl (C=O) groups is 1. The minimum absolute atomic E-state index is 0. The van der Waals surface area contributed by atoms with E-state index in [4.69, 9.17) is 12.2 Å². The number of Topliss-reactive ketones (excluding diaryl/α,β-unsaturated/α-hetero) is 1. The number of halogens is 1. The molecule has 146 valence electrons. The van der Waals surface area contributed by atoms with E-state index in [1.165, 1.54) is 11.8 Å². The fourth-order valence-corrected chi connectivity index (χ4v) is 4.16. The molecule has 1 aromatic carbocycles. The fourth-order valence-electron chi connectivity index (χ4n) is 2.81. The Morgan fingerprint density at radius 1 is 1.41 bits per heavy atom. The van der Waals surface area contributed by atoms with Crippen LogP contribution in [-0.2, 0) is 4.79 Å². The largest absolute Gasteiger partial charge is 0.347 e. The minimum Gasteiger partial charge on any atom is -0.347 e. The van der Waals surface area contributed by atoms with Crippen LogP contribution in [0, 0.1) is 0 Å². The fraction of sp³-hybridized carbons (Fsp3) is 0.471. The van der Waals surface area contributed by atoms with Crippen LogP contribution in [0.25, 0.3) is 5.69 Å². The average molecular weight is 427 g/mol. The molecule has 2 aromatic rings. The summed E-state index contributed by atoms with van der Waals surface area (Å²) in [5, 5.41) is 15.7. The number of hydrogen-bond donors (Lipinski definition) is 1. The van der Waals surface area contributed by atoms with Crippen molar-refractivity contribution in [2.24, 2.45) is 0 Å². The molecule has 1 aliphatic heterocycles. The van der Waals surface area contributed by atoms with E-state index in [2.05, 4.69) is 20.8 Å². The maximum absolute atomic E-state index is 12.5. The van der Waals surface area contributed by atoms with E-state index < -0.39 is 0 Å². The number of hydrogen-bond acceptors (Lipinski definition) is 7. The lowest BCUT2D eigenvalue weighted by molar-refractivity contribution is -0.121. The lowest BCUT2D eigenvalue weighted by Gasteiger charge is -2.28. The van der Waals surface area contributed by atoms with Gasteiger partial charge in [-0.3, -0.25) is 4.79 Å². The van der Waals surface area contributed by atoms with Crippen molar-refractivity contribution in [1.82, 2.24) is 30.4 Å². The number of nitrogens with one attached hydrogen (secondary N) is 1. The van der Waals surface area contributed by atoms with Crippen molar-refractivity contribution in [3.63, 3.8) is 0 Å². The predicted octanol–water partition coefficient (Wildman–Crippen LogP) is 2.49. The molecule has 3 rings (SSSR count). The number of aromatic nitrogens is 4. The van der Waals surface area contributed by atoms with Gasteiger partial charge in [-0.15, -0.1) is 17.5 Å². The van der Waals surface area contributed by atoms with Crippen LogP contribution in [-0.4, -0.2) is 60.4 Å². The van der Waals surface area contributed by atoms with Crippen molar-refractivity contribution < 1.29 is 4.79 Å². The van der Waals surface area contributed by atoms with E-state index in [9.17, 15) is 4.79 Å². The summed E-state index contributed by atoms with van der Waals surface area (Å²) in [6.07, 6.45) is 1.94. The molecular formula is C17H23ClN6OS2. The maximum Gasteiger partial charge on any atom is 0.221 e. The van der Waals surface area contributed by atoms with E-state index in [-0.39, 0.29) is 30.3 Å². The summed E-state index contributed by atoms with van der Waals surface area (Å²) >= 11 is 6.91. The predicted molar refractivity (Wildman–Crippen MR) is 113 cm³/mol. The van der Waals surface area contributed by atoms with Crippen molar-refractivity contribution in [1.29, 1.82) is 0 Å². The zero-order valence-corrected chi connectivity index (χ0v) is 17.7. The first-order valence-electron chi connectivity index (χ1n) is 8.64. The molecule has 0 saturated carbocycles. The van der Waals surface area contributed by atoms with Crippen LogP contribution in [0.5, 0.6) is 0 Å². The van der Waals surface area contributed by atoms with Crippen LogP contribution in [0.3, 0.4) is 0 Å². The summed E-state index contributed by atoms with van der Waals surface area (Å²) < 4.78 is 2.24. The number of nitrogens with zero attached hydrogens (tertiary/aromatic N) is 5. The number of benzene rings is 1. The highest BCUT2D eigenvalue weighted by atomic mass is 35.5. The number of thioether (sulfide) groups is 1. The van der Waals surface area contributed by atoms with Crippen LogP contribution in [0.15, 0.2) is 35.5 Å². The summed E-state index contributed by atoms with van der Waals surface area (Å²) in [5.41, 5.74) is 0.866. The van der Waals surface area contributed by atoms with Crippen molar-refractivity contribution in [2.75, 3.05) is 13.1 Å². The number of rotatable bonds is 6. The van der Waals surface area contributed by atoms with Crippen molar-refractivity contribution in [3.8, 4) is 5.69 Å². The third kappa shape index (κ3) is 5.47. The van der Waals surface area contributed by atoms with Gasteiger partial charge in [0.2, 0.25) is 5.16 Å². The maximum atomic E-state index is 12.5. The topological polar surface area (TPSA) is 75.9 Å². The Bertz CT molecular complexity index is 764. The molecule has 2 heterocycles. The molecule has 0 spiro atoms. The second-order valence-electron chi connectivity index (χ2n) is 6.41. The molecule has 27 heavy (non-hydrogen) atoms. The van der Waals surface area contributed by atoms with Gasteiger partial charge >= 0.3 is 0 Å². The molecule has 7 nitrogen and oxygen atoms in total. The number of thiocarbonyl (C=S) groups is 1. The standard InChI is InChI=1S/C17H22N6OS2.ClH/c1-12(2)22(11-15(24)14-9-6-10-18-14)17(25)26-16-19-20-21-23(16)13-7-4-3-5-8-13;/h3-5,7-8,12,14,18H,6,9-11H2,1-2H3;1H/t14-;/m0./s1. The van der Waals surface area contributed by atoms with Gasteiger partial charge in [-0.05, 0) is 67.6 Å². The first kappa shape index (κ1) is 21.7. The SMILES string of the molecule is CC(C)N(CC(=O)[C@@H]1CCCN1)C(=S)Sc1nnnn1-c1ccccc1.Cl. The Morgan fingerprint density at radius 3 is 2.78 bits per heavy atom.